The van der Waals surface area contributed by atoms with E-state index in [2.05, 4.69) is 29.0 Å². The minimum Gasteiger partial charge on any atom is -0.310 e. The Morgan fingerprint density at radius 2 is 2.17 bits per heavy atom. The van der Waals surface area contributed by atoms with Crippen molar-refractivity contribution < 1.29 is 0 Å². The lowest BCUT2D eigenvalue weighted by Crippen LogP contribution is -2.17. The number of aromatic nitrogens is 2. The maximum atomic E-state index is 11.9. The Hall–Kier alpha value is -1.55. The topological polar surface area (TPSA) is 45.8 Å². The summed E-state index contributed by atoms with van der Waals surface area (Å²) in [5, 5.41) is 0. The monoisotopic (exact) mass is 258 g/mol. The van der Waals surface area contributed by atoms with E-state index in [4.69, 9.17) is 0 Å². The zero-order valence-corrected chi connectivity index (χ0v) is 11.0. The maximum absolute atomic E-state index is 11.9. The summed E-state index contributed by atoms with van der Waals surface area (Å²) < 4.78 is 0. The lowest BCUT2D eigenvalue weighted by molar-refractivity contribution is 0.900. The lowest BCUT2D eigenvalue weighted by Gasteiger charge is -2.06. The van der Waals surface area contributed by atoms with Crippen molar-refractivity contribution in [1.29, 1.82) is 0 Å². The normalized spacial score (nSPS) is 13.6. The van der Waals surface area contributed by atoms with Crippen LogP contribution in [0.4, 0.5) is 0 Å². The van der Waals surface area contributed by atoms with Crippen molar-refractivity contribution in [2.45, 2.75) is 24.9 Å². The van der Waals surface area contributed by atoms with E-state index in [0.717, 1.165) is 28.6 Å². The molecule has 3 rings (SSSR count). The summed E-state index contributed by atoms with van der Waals surface area (Å²) in [6.45, 7) is 2.08. The van der Waals surface area contributed by atoms with E-state index >= 15 is 0 Å². The third-order valence-corrected chi connectivity index (χ3v) is 4.22. The Morgan fingerprint density at radius 3 is 3.00 bits per heavy atom. The first-order valence-electron chi connectivity index (χ1n) is 5.97. The maximum Gasteiger partial charge on any atom is 0.255 e. The highest BCUT2D eigenvalue weighted by atomic mass is 32.2. The number of H-pyrrole nitrogens is 1. The van der Waals surface area contributed by atoms with E-state index in [1.54, 1.807) is 11.8 Å². The van der Waals surface area contributed by atoms with Crippen molar-refractivity contribution >= 4 is 11.8 Å². The summed E-state index contributed by atoms with van der Waals surface area (Å²) >= 11 is 1.75. The van der Waals surface area contributed by atoms with Gasteiger partial charge in [0.05, 0.1) is 5.69 Å². The molecule has 0 atom stereocenters. The Labute approximate surface area is 110 Å². The third kappa shape index (κ3) is 2.08. The quantitative estimate of drug-likeness (QED) is 0.899. The zero-order valence-electron chi connectivity index (χ0n) is 10.2. The SMILES string of the molecule is Cc1ccccc1Cc1nc2c(c(=O)[nH]1)CSC2. The number of hydrogen-bond acceptors (Lipinski definition) is 3. The van der Waals surface area contributed by atoms with Gasteiger partial charge in [0, 0.05) is 23.5 Å². The molecule has 1 aromatic heterocycles. The van der Waals surface area contributed by atoms with Crippen molar-refractivity contribution in [3.63, 3.8) is 0 Å². The van der Waals surface area contributed by atoms with Gasteiger partial charge in [-0.25, -0.2) is 4.98 Å². The minimum absolute atomic E-state index is 0.0357. The van der Waals surface area contributed by atoms with Gasteiger partial charge < -0.3 is 4.98 Å². The molecule has 0 aliphatic carbocycles. The van der Waals surface area contributed by atoms with Crippen LogP contribution in [0.1, 0.15) is 28.2 Å². The molecular formula is C14H14N2OS. The molecule has 0 bridgehead atoms. The van der Waals surface area contributed by atoms with Crippen LogP contribution in [0.25, 0.3) is 0 Å². The standard InChI is InChI=1S/C14H14N2OS/c1-9-4-2-3-5-10(9)6-13-15-12-8-18-7-11(12)14(17)16-13/h2-5H,6-8H2,1H3,(H,15,16,17). The van der Waals surface area contributed by atoms with Gasteiger partial charge in [-0.2, -0.15) is 11.8 Å². The van der Waals surface area contributed by atoms with Crippen LogP contribution in [-0.4, -0.2) is 9.97 Å². The molecule has 0 fully saturated rings. The van der Waals surface area contributed by atoms with Crippen molar-refractivity contribution in [2.75, 3.05) is 0 Å². The number of fused-ring (bicyclic) bond motifs is 1. The number of thioether (sulfide) groups is 1. The first-order chi connectivity index (χ1) is 8.74. The molecule has 2 aromatic rings. The molecule has 0 spiro atoms. The molecule has 0 radical (unpaired) electrons. The zero-order chi connectivity index (χ0) is 12.5. The molecule has 0 saturated carbocycles. The number of hydrogen-bond donors (Lipinski definition) is 1. The van der Waals surface area contributed by atoms with Gasteiger partial charge in [-0.15, -0.1) is 0 Å². The Morgan fingerprint density at radius 1 is 1.33 bits per heavy atom. The van der Waals surface area contributed by atoms with Gasteiger partial charge in [-0.3, -0.25) is 4.79 Å². The smallest absolute Gasteiger partial charge is 0.255 e. The van der Waals surface area contributed by atoms with E-state index < -0.39 is 0 Å². The molecule has 1 N–H and O–H groups in total. The number of rotatable bonds is 2. The fourth-order valence-corrected chi connectivity index (χ4v) is 3.22. The Balaban J connectivity index is 1.97. The second kappa shape index (κ2) is 4.61. The van der Waals surface area contributed by atoms with Gasteiger partial charge in [-0.05, 0) is 18.1 Å². The summed E-state index contributed by atoms with van der Waals surface area (Å²) in [6, 6.07) is 8.20. The highest BCUT2D eigenvalue weighted by molar-refractivity contribution is 7.98. The van der Waals surface area contributed by atoms with Crippen molar-refractivity contribution in [3.8, 4) is 0 Å². The van der Waals surface area contributed by atoms with Crippen LogP contribution in [0.3, 0.4) is 0 Å². The van der Waals surface area contributed by atoms with E-state index in [-0.39, 0.29) is 5.56 Å². The van der Waals surface area contributed by atoms with Gasteiger partial charge in [-0.1, -0.05) is 24.3 Å². The number of nitrogens with one attached hydrogen (secondary N) is 1. The molecule has 4 heteroatoms. The first kappa shape index (κ1) is 11.5. The average Bonchev–Trinajstić information content (AvgIpc) is 2.81. The largest absolute Gasteiger partial charge is 0.310 e. The van der Waals surface area contributed by atoms with Gasteiger partial charge in [0.2, 0.25) is 0 Å². The van der Waals surface area contributed by atoms with Crippen molar-refractivity contribution in [2.24, 2.45) is 0 Å². The lowest BCUT2D eigenvalue weighted by atomic mass is 10.1. The van der Waals surface area contributed by atoms with Crippen molar-refractivity contribution in [1.82, 2.24) is 9.97 Å². The van der Waals surface area contributed by atoms with Gasteiger partial charge >= 0.3 is 0 Å². The molecule has 1 aromatic carbocycles. The fraction of sp³-hybridized carbons (Fsp3) is 0.286. The van der Waals surface area contributed by atoms with Crippen LogP contribution in [-0.2, 0) is 17.9 Å². The summed E-state index contributed by atoms with van der Waals surface area (Å²) in [6.07, 6.45) is 0.694. The highest BCUT2D eigenvalue weighted by Gasteiger charge is 2.17. The Bertz CT molecular complexity index is 648. The predicted octanol–water partition coefficient (Wildman–Crippen LogP) is 2.42. The van der Waals surface area contributed by atoms with Crippen LogP contribution in [0.2, 0.25) is 0 Å². The highest BCUT2D eigenvalue weighted by Crippen LogP contribution is 2.25. The molecule has 1 aliphatic heterocycles. The summed E-state index contributed by atoms with van der Waals surface area (Å²) in [4.78, 5) is 19.4. The van der Waals surface area contributed by atoms with Crippen molar-refractivity contribution in [3.05, 3.63) is 62.8 Å². The molecule has 18 heavy (non-hydrogen) atoms. The molecule has 0 amide bonds. The van der Waals surface area contributed by atoms with E-state index in [9.17, 15) is 4.79 Å². The van der Waals surface area contributed by atoms with Crippen LogP contribution in [0, 0.1) is 6.92 Å². The average molecular weight is 258 g/mol. The summed E-state index contributed by atoms with van der Waals surface area (Å²) in [5.41, 5.74) is 4.30. The molecule has 3 nitrogen and oxygen atoms in total. The van der Waals surface area contributed by atoms with Gasteiger partial charge in [0.1, 0.15) is 5.82 Å². The van der Waals surface area contributed by atoms with Crippen LogP contribution < -0.4 is 5.56 Å². The fourth-order valence-electron chi connectivity index (χ4n) is 2.19. The molecule has 92 valence electrons. The molecular weight excluding hydrogens is 244 g/mol. The second-order valence-corrected chi connectivity index (χ2v) is 5.52. The number of aromatic amines is 1. The molecule has 0 saturated heterocycles. The summed E-state index contributed by atoms with van der Waals surface area (Å²) in [7, 11) is 0. The molecule has 1 aliphatic rings. The van der Waals surface area contributed by atoms with Gasteiger partial charge in [0.15, 0.2) is 0 Å². The molecule has 0 unspecified atom stereocenters. The van der Waals surface area contributed by atoms with E-state index in [1.165, 1.54) is 11.1 Å². The minimum atomic E-state index is 0.0357. The number of aryl methyl sites for hydroxylation is 1. The second-order valence-electron chi connectivity index (χ2n) is 4.53. The third-order valence-electron chi connectivity index (χ3n) is 3.25. The molecule has 2 heterocycles. The van der Waals surface area contributed by atoms with Crippen LogP contribution in [0.15, 0.2) is 29.1 Å². The van der Waals surface area contributed by atoms with Gasteiger partial charge in [0.25, 0.3) is 5.56 Å². The van der Waals surface area contributed by atoms with Crippen LogP contribution in [0.5, 0.6) is 0 Å². The number of nitrogens with zero attached hydrogens (tertiary/aromatic N) is 1. The van der Waals surface area contributed by atoms with E-state index in [0.29, 0.717) is 6.42 Å². The van der Waals surface area contributed by atoms with E-state index in [1.807, 2.05) is 12.1 Å². The Kier molecular flexibility index (Phi) is 2.96. The number of benzene rings is 1. The summed E-state index contributed by atoms with van der Waals surface area (Å²) in [5.74, 6) is 2.43. The first-order valence-corrected chi connectivity index (χ1v) is 7.12. The predicted molar refractivity (Wildman–Crippen MR) is 73.8 cm³/mol. The van der Waals surface area contributed by atoms with Crippen LogP contribution >= 0.6 is 11.8 Å².